The zero-order chi connectivity index (χ0) is 11.0. The monoisotopic (exact) mass is 301 g/mol. The third-order valence-electron chi connectivity index (χ3n) is 3.69. The van der Waals surface area contributed by atoms with Crippen LogP contribution in [0.5, 0.6) is 0 Å². The molecule has 2 nitrogen and oxygen atoms in total. The van der Waals surface area contributed by atoms with Crippen molar-refractivity contribution in [2.75, 3.05) is 13.2 Å². The van der Waals surface area contributed by atoms with Gasteiger partial charge in [0.05, 0.1) is 6.61 Å². The summed E-state index contributed by atoms with van der Waals surface area (Å²) < 4.78 is 7.21. The molecule has 0 bridgehead atoms. The quantitative estimate of drug-likeness (QED) is 0.857. The van der Waals surface area contributed by atoms with Crippen LogP contribution in [0.25, 0.3) is 0 Å². The lowest BCUT2D eigenvalue weighted by atomic mass is 9.96. The molecule has 1 atom stereocenters. The van der Waals surface area contributed by atoms with E-state index in [1.165, 1.54) is 30.6 Å². The Labute approximate surface area is 109 Å². The second kappa shape index (κ2) is 4.41. The zero-order valence-electron chi connectivity index (χ0n) is 9.17. The van der Waals surface area contributed by atoms with Gasteiger partial charge in [0.15, 0.2) is 0 Å². The minimum atomic E-state index is 0.252. The lowest BCUT2D eigenvalue weighted by Gasteiger charge is -2.38. The second-order valence-electron chi connectivity index (χ2n) is 4.84. The van der Waals surface area contributed by atoms with E-state index < -0.39 is 0 Å². The molecule has 2 heterocycles. The van der Waals surface area contributed by atoms with Crippen LogP contribution in [0.3, 0.4) is 0 Å². The van der Waals surface area contributed by atoms with Crippen LogP contribution < -0.4 is 5.32 Å². The van der Waals surface area contributed by atoms with Crippen molar-refractivity contribution >= 4 is 27.3 Å². The second-order valence-corrected chi connectivity index (χ2v) is 6.69. The zero-order valence-corrected chi connectivity index (χ0v) is 11.6. The molecular formula is C12H16BrNOS. The SMILES string of the molecule is Brc1csc(C2CNC3(CCCC3)CO2)c1. The van der Waals surface area contributed by atoms with Gasteiger partial charge in [-0.1, -0.05) is 12.8 Å². The van der Waals surface area contributed by atoms with E-state index in [1.807, 2.05) is 0 Å². The lowest BCUT2D eigenvalue weighted by molar-refractivity contribution is -0.0309. The van der Waals surface area contributed by atoms with Gasteiger partial charge >= 0.3 is 0 Å². The third kappa shape index (κ3) is 2.08. The summed E-state index contributed by atoms with van der Waals surface area (Å²) in [4.78, 5) is 1.33. The predicted octanol–water partition coefficient (Wildman–Crippen LogP) is 3.48. The minimum Gasteiger partial charge on any atom is -0.369 e. The molecule has 1 aromatic rings. The normalized spacial score (nSPS) is 28.7. The van der Waals surface area contributed by atoms with Crippen molar-refractivity contribution in [3.63, 3.8) is 0 Å². The van der Waals surface area contributed by atoms with E-state index >= 15 is 0 Å². The van der Waals surface area contributed by atoms with Crippen molar-refractivity contribution in [2.45, 2.75) is 37.3 Å². The fraction of sp³-hybridized carbons (Fsp3) is 0.667. The van der Waals surface area contributed by atoms with Crippen LogP contribution in [-0.2, 0) is 4.74 Å². The first-order chi connectivity index (χ1) is 7.77. The van der Waals surface area contributed by atoms with Crippen LogP contribution >= 0.6 is 27.3 Å². The highest BCUT2D eigenvalue weighted by Crippen LogP contribution is 2.36. The first kappa shape index (κ1) is 11.2. The van der Waals surface area contributed by atoms with Crippen LogP contribution in [0.4, 0.5) is 0 Å². The number of ether oxygens (including phenoxy) is 1. The first-order valence-electron chi connectivity index (χ1n) is 5.88. The van der Waals surface area contributed by atoms with Gasteiger partial charge in [-0.15, -0.1) is 11.3 Å². The maximum absolute atomic E-state index is 6.04. The Hall–Kier alpha value is 0.1000. The standard InChI is InChI=1S/C12H16BrNOS/c13-9-5-11(16-7-9)10-6-14-12(8-15-10)3-1-2-4-12/h5,7,10,14H,1-4,6,8H2. The molecule has 1 unspecified atom stereocenters. The highest BCUT2D eigenvalue weighted by Gasteiger charge is 2.38. The molecule has 1 N–H and O–H groups in total. The summed E-state index contributed by atoms with van der Waals surface area (Å²) in [6, 6.07) is 2.17. The molecule has 88 valence electrons. The Kier molecular flexibility index (Phi) is 3.09. The average molecular weight is 302 g/mol. The van der Waals surface area contributed by atoms with Gasteiger partial charge < -0.3 is 10.1 Å². The van der Waals surface area contributed by atoms with Gasteiger partial charge in [-0.2, -0.15) is 0 Å². The Morgan fingerprint density at radius 1 is 1.44 bits per heavy atom. The molecular weight excluding hydrogens is 286 g/mol. The summed E-state index contributed by atoms with van der Waals surface area (Å²) in [7, 11) is 0. The van der Waals surface area contributed by atoms with E-state index in [0.29, 0.717) is 5.54 Å². The van der Waals surface area contributed by atoms with Crippen molar-refractivity contribution in [1.82, 2.24) is 5.32 Å². The topological polar surface area (TPSA) is 21.3 Å². The van der Waals surface area contributed by atoms with E-state index in [9.17, 15) is 0 Å². The minimum absolute atomic E-state index is 0.252. The van der Waals surface area contributed by atoms with Crippen molar-refractivity contribution in [3.8, 4) is 0 Å². The number of thiophene rings is 1. The van der Waals surface area contributed by atoms with E-state index in [1.54, 1.807) is 11.3 Å². The summed E-state index contributed by atoms with van der Waals surface area (Å²) in [5.41, 5.74) is 0.311. The predicted molar refractivity (Wildman–Crippen MR) is 69.9 cm³/mol. The smallest absolute Gasteiger partial charge is 0.104 e. The number of halogens is 1. The fourth-order valence-corrected chi connectivity index (χ4v) is 4.23. The van der Waals surface area contributed by atoms with Crippen LogP contribution in [0.2, 0.25) is 0 Å². The van der Waals surface area contributed by atoms with E-state index in [2.05, 4.69) is 32.7 Å². The Morgan fingerprint density at radius 3 is 2.81 bits per heavy atom. The van der Waals surface area contributed by atoms with E-state index in [4.69, 9.17) is 4.74 Å². The van der Waals surface area contributed by atoms with E-state index in [0.717, 1.165) is 17.6 Å². The molecule has 2 fully saturated rings. The van der Waals surface area contributed by atoms with Crippen LogP contribution in [0.15, 0.2) is 15.9 Å². The summed E-state index contributed by atoms with van der Waals surface area (Å²) >= 11 is 5.27. The number of hydrogen-bond donors (Lipinski definition) is 1. The number of morpholine rings is 1. The average Bonchev–Trinajstić information content (AvgIpc) is 2.90. The molecule has 1 aliphatic heterocycles. The third-order valence-corrected chi connectivity index (χ3v) is 5.47. The maximum atomic E-state index is 6.04. The van der Waals surface area contributed by atoms with Crippen molar-refractivity contribution in [3.05, 3.63) is 20.8 Å². The largest absolute Gasteiger partial charge is 0.369 e. The first-order valence-corrected chi connectivity index (χ1v) is 7.55. The highest BCUT2D eigenvalue weighted by atomic mass is 79.9. The molecule has 0 radical (unpaired) electrons. The summed E-state index contributed by atoms with van der Waals surface area (Å²) in [5, 5.41) is 5.84. The molecule has 0 amide bonds. The number of hydrogen-bond acceptors (Lipinski definition) is 3. The summed E-state index contributed by atoms with van der Waals surface area (Å²) in [6.07, 6.45) is 5.53. The summed E-state index contributed by atoms with van der Waals surface area (Å²) in [5.74, 6) is 0. The molecule has 3 rings (SSSR count). The Balaban J connectivity index is 1.66. The Morgan fingerprint density at radius 2 is 2.25 bits per heavy atom. The van der Waals surface area contributed by atoms with Crippen LogP contribution in [0, 0.1) is 0 Å². The fourth-order valence-electron chi connectivity index (χ4n) is 2.73. The van der Waals surface area contributed by atoms with E-state index in [-0.39, 0.29) is 6.10 Å². The van der Waals surface area contributed by atoms with Gasteiger partial charge in [-0.3, -0.25) is 0 Å². The van der Waals surface area contributed by atoms with Gasteiger partial charge in [0.25, 0.3) is 0 Å². The maximum Gasteiger partial charge on any atom is 0.104 e. The molecule has 1 aromatic heterocycles. The van der Waals surface area contributed by atoms with Crippen LogP contribution in [-0.4, -0.2) is 18.7 Å². The Bertz CT molecular complexity index is 363. The van der Waals surface area contributed by atoms with Crippen LogP contribution in [0.1, 0.15) is 36.7 Å². The molecule has 2 aliphatic rings. The van der Waals surface area contributed by atoms with Crippen molar-refractivity contribution in [2.24, 2.45) is 0 Å². The molecule has 1 saturated heterocycles. The molecule has 0 aromatic carbocycles. The van der Waals surface area contributed by atoms with Gasteiger partial charge in [0.1, 0.15) is 6.10 Å². The highest BCUT2D eigenvalue weighted by molar-refractivity contribution is 9.10. The lowest BCUT2D eigenvalue weighted by Crippen LogP contribution is -2.52. The molecule has 1 aliphatic carbocycles. The number of rotatable bonds is 1. The van der Waals surface area contributed by atoms with Gasteiger partial charge in [0, 0.05) is 26.8 Å². The summed E-state index contributed by atoms with van der Waals surface area (Å²) in [6.45, 7) is 1.85. The van der Waals surface area contributed by atoms with Crippen molar-refractivity contribution in [1.29, 1.82) is 0 Å². The number of nitrogens with one attached hydrogen (secondary N) is 1. The van der Waals surface area contributed by atoms with Gasteiger partial charge in [0.2, 0.25) is 0 Å². The molecule has 16 heavy (non-hydrogen) atoms. The molecule has 1 spiro atoms. The molecule has 1 saturated carbocycles. The molecule has 4 heteroatoms. The van der Waals surface area contributed by atoms with Gasteiger partial charge in [-0.05, 0) is 34.8 Å². The van der Waals surface area contributed by atoms with Crippen molar-refractivity contribution < 1.29 is 4.74 Å². The van der Waals surface area contributed by atoms with Gasteiger partial charge in [-0.25, -0.2) is 0 Å².